The smallest absolute Gasteiger partial charge is 0.225 e. The van der Waals surface area contributed by atoms with Crippen LogP contribution in [-0.2, 0) is 4.79 Å². The molecule has 1 amide bonds. The largest absolute Gasteiger partial charge is 0.399 e. The fraction of sp³-hybridized carbons (Fsp3) is 0.533. The van der Waals surface area contributed by atoms with Crippen LogP contribution >= 0.6 is 11.6 Å². The predicted octanol–water partition coefficient (Wildman–Crippen LogP) is 3.23. The van der Waals surface area contributed by atoms with Crippen LogP contribution in [0.2, 0.25) is 5.02 Å². The Bertz CT molecular complexity index is 451. The summed E-state index contributed by atoms with van der Waals surface area (Å²) in [4.78, 5) is 14.1. The minimum absolute atomic E-state index is 0.0346. The number of nitrogen functional groups attached to an aromatic ring is 1. The van der Waals surface area contributed by atoms with Gasteiger partial charge in [0.05, 0.1) is 10.7 Å². The zero-order valence-electron chi connectivity index (χ0n) is 12.4. The van der Waals surface area contributed by atoms with Gasteiger partial charge in [-0.3, -0.25) is 4.79 Å². The number of halogens is 1. The van der Waals surface area contributed by atoms with Gasteiger partial charge in [-0.1, -0.05) is 31.9 Å². The molecule has 1 rings (SSSR count). The number of carbonyl (C=O) groups is 1. The van der Waals surface area contributed by atoms with Crippen molar-refractivity contribution in [1.82, 2.24) is 4.90 Å². The topological polar surface area (TPSA) is 58.4 Å². The molecule has 0 saturated heterocycles. The van der Waals surface area contributed by atoms with Crippen molar-refractivity contribution >= 4 is 28.9 Å². The van der Waals surface area contributed by atoms with Crippen LogP contribution in [0.1, 0.15) is 26.7 Å². The number of hydrogen-bond donors (Lipinski definition) is 2. The summed E-state index contributed by atoms with van der Waals surface area (Å²) in [7, 11) is 2.04. The summed E-state index contributed by atoms with van der Waals surface area (Å²) in [6.07, 6.45) is 1.60. The average Bonchev–Trinajstić information content (AvgIpc) is 2.39. The summed E-state index contributed by atoms with van der Waals surface area (Å²) in [6, 6.07) is 5.07. The summed E-state index contributed by atoms with van der Waals surface area (Å²) in [5.41, 5.74) is 6.80. The second-order valence-corrected chi connectivity index (χ2v) is 5.72. The van der Waals surface area contributed by atoms with Crippen LogP contribution in [0.5, 0.6) is 0 Å². The van der Waals surface area contributed by atoms with E-state index in [4.69, 9.17) is 17.3 Å². The molecule has 0 aliphatic heterocycles. The highest BCUT2D eigenvalue weighted by Gasteiger charge is 2.09. The normalized spacial score (nSPS) is 12.4. The lowest BCUT2D eigenvalue weighted by Gasteiger charge is -2.20. The minimum atomic E-state index is -0.0346. The lowest BCUT2D eigenvalue weighted by molar-refractivity contribution is -0.116. The lowest BCUT2D eigenvalue weighted by Crippen LogP contribution is -2.28. The third-order valence-corrected chi connectivity index (χ3v) is 3.62. The molecule has 3 N–H and O–H groups in total. The first-order valence-electron chi connectivity index (χ1n) is 6.95. The molecule has 0 saturated carbocycles. The van der Waals surface area contributed by atoms with Crippen molar-refractivity contribution in [1.29, 1.82) is 0 Å². The van der Waals surface area contributed by atoms with Gasteiger partial charge in [0.2, 0.25) is 5.91 Å². The van der Waals surface area contributed by atoms with Crippen LogP contribution in [0.15, 0.2) is 18.2 Å². The van der Waals surface area contributed by atoms with Gasteiger partial charge in [-0.05, 0) is 31.2 Å². The highest BCUT2D eigenvalue weighted by Crippen LogP contribution is 2.24. The summed E-state index contributed by atoms with van der Waals surface area (Å²) in [5.74, 6) is 0.613. The third kappa shape index (κ3) is 5.80. The van der Waals surface area contributed by atoms with Crippen molar-refractivity contribution < 1.29 is 4.79 Å². The molecule has 4 nitrogen and oxygen atoms in total. The molecule has 0 fully saturated rings. The first-order chi connectivity index (χ1) is 9.42. The second-order valence-electron chi connectivity index (χ2n) is 5.31. The maximum absolute atomic E-state index is 11.9. The van der Waals surface area contributed by atoms with Crippen molar-refractivity contribution in [2.75, 3.05) is 31.2 Å². The molecule has 0 spiro atoms. The first-order valence-corrected chi connectivity index (χ1v) is 7.33. The molecule has 0 aromatic heterocycles. The van der Waals surface area contributed by atoms with Crippen LogP contribution in [0.3, 0.4) is 0 Å². The molecule has 0 radical (unpaired) electrons. The van der Waals surface area contributed by atoms with Gasteiger partial charge in [0, 0.05) is 25.2 Å². The van der Waals surface area contributed by atoms with E-state index < -0.39 is 0 Å². The van der Waals surface area contributed by atoms with E-state index in [0.717, 1.165) is 19.5 Å². The molecule has 112 valence electrons. The lowest BCUT2D eigenvalue weighted by atomic mass is 10.1. The quantitative estimate of drug-likeness (QED) is 0.760. The number of nitrogens with two attached hydrogens (primary N) is 1. The third-order valence-electron chi connectivity index (χ3n) is 3.31. The van der Waals surface area contributed by atoms with Gasteiger partial charge in [-0.25, -0.2) is 0 Å². The van der Waals surface area contributed by atoms with Gasteiger partial charge >= 0.3 is 0 Å². The average molecular weight is 298 g/mol. The molecule has 20 heavy (non-hydrogen) atoms. The number of amides is 1. The van der Waals surface area contributed by atoms with E-state index >= 15 is 0 Å². The SMILES string of the molecule is CCC(C)CN(C)CCC(=O)Nc1ccc(N)cc1Cl. The number of nitrogens with one attached hydrogen (secondary N) is 1. The molecule has 0 aliphatic rings. The van der Waals surface area contributed by atoms with Gasteiger partial charge in [0.1, 0.15) is 0 Å². The van der Waals surface area contributed by atoms with E-state index in [9.17, 15) is 4.79 Å². The zero-order chi connectivity index (χ0) is 15.1. The van der Waals surface area contributed by atoms with Crippen molar-refractivity contribution in [3.05, 3.63) is 23.2 Å². The van der Waals surface area contributed by atoms with Crippen molar-refractivity contribution in [3.8, 4) is 0 Å². The fourth-order valence-corrected chi connectivity index (χ4v) is 2.13. The molecule has 1 atom stereocenters. The van der Waals surface area contributed by atoms with E-state index in [1.54, 1.807) is 18.2 Å². The van der Waals surface area contributed by atoms with Crippen LogP contribution in [-0.4, -0.2) is 30.9 Å². The fourth-order valence-electron chi connectivity index (χ4n) is 1.89. The Hall–Kier alpha value is -1.26. The van der Waals surface area contributed by atoms with E-state index in [2.05, 4.69) is 24.1 Å². The van der Waals surface area contributed by atoms with E-state index in [-0.39, 0.29) is 5.91 Å². The van der Waals surface area contributed by atoms with Gasteiger partial charge in [0.25, 0.3) is 0 Å². The van der Waals surface area contributed by atoms with Crippen molar-refractivity contribution in [3.63, 3.8) is 0 Å². The maximum atomic E-state index is 11.9. The highest BCUT2D eigenvalue weighted by atomic mass is 35.5. The Kier molecular flexibility index (Phi) is 6.82. The summed E-state index contributed by atoms with van der Waals surface area (Å²) >= 11 is 6.02. The molecule has 0 heterocycles. The molecule has 0 bridgehead atoms. The Morgan fingerprint density at radius 2 is 2.20 bits per heavy atom. The monoisotopic (exact) mass is 297 g/mol. The molecular formula is C15H24ClN3O. The van der Waals surface area contributed by atoms with Crippen LogP contribution < -0.4 is 11.1 Å². The molecule has 1 aromatic carbocycles. The van der Waals surface area contributed by atoms with Crippen LogP contribution in [0.25, 0.3) is 0 Å². The Morgan fingerprint density at radius 3 is 2.80 bits per heavy atom. The molecule has 1 aromatic rings. The molecule has 0 aliphatic carbocycles. The van der Waals surface area contributed by atoms with Gasteiger partial charge in [-0.2, -0.15) is 0 Å². The first kappa shape index (κ1) is 16.8. The number of carbonyl (C=O) groups excluding carboxylic acids is 1. The Labute approximate surface area is 126 Å². The number of hydrogen-bond acceptors (Lipinski definition) is 3. The Morgan fingerprint density at radius 1 is 1.50 bits per heavy atom. The highest BCUT2D eigenvalue weighted by molar-refractivity contribution is 6.34. The van der Waals surface area contributed by atoms with Crippen LogP contribution in [0.4, 0.5) is 11.4 Å². The summed E-state index contributed by atoms with van der Waals surface area (Å²) < 4.78 is 0. The van der Waals surface area contributed by atoms with E-state index in [0.29, 0.717) is 28.7 Å². The molecule has 1 unspecified atom stereocenters. The molecule has 5 heteroatoms. The molecular weight excluding hydrogens is 274 g/mol. The zero-order valence-corrected chi connectivity index (χ0v) is 13.2. The minimum Gasteiger partial charge on any atom is -0.399 e. The predicted molar refractivity (Wildman–Crippen MR) is 86.1 cm³/mol. The van der Waals surface area contributed by atoms with Gasteiger partial charge in [0.15, 0.2) is 0 Å². The van der Waals surface area contributed by atoms with Crippen molar-refractivity contribution in [2.24, 2.45) is 5.92 Å². The van der Waals surface area contributed by atoms with Gasteiger partial charge in [-0.15, -0.1) is 0 Å². The van der Waals surface area contributed by atoms with Gasteiger partial charge < -0.3 is 16.0 Å². The number of nitrogens with zero attached hydrogens (tertiary/aromatic N) is 1. The Balaban J connectivity index is 2.40. The summed E-state index contributed by atoms with van der Waals surface area (Å²) in [5, 5.41) is 3.27. The number of anilines is 2. The van der Waals surface area contributed by atoms with E-state index in [1.807, 2.05) is 7.05 Å². The van der Waals surface area contributed by atoms with Crippen LogP contribution in [0, 0.1) is 5.92 Å². The van der Waals surface area contributed by atoms with Crippen molar-refractivity contribution in [2.45, 2.75) is 26.7 Å². The number of rotatable bonds is 7. The second kappa shape index (κ2) is 8.12. The standard InChI is InChI=1S/C15H24ClN3O/c1-4-11(2)10-19(3)8-7-15(20)18-14-6-5-12(17)9-13(14)16/h5-6,9,11H,4,7-8,10,17H2,1-3H3,(H,18,20). The maximum Gasteiger partial charge on any atom is 0.225 e. The van der Waals surface area contributed by atoms with E-state index in [1.165, 1.54) is 0 Å². The summed E-state index contributed by atoms with van der Waals surface area (Å²) in [6.45, 7) is 6.13. The number of benzene rings is 1.